The molecule has 2 rings (SSSR count). The molecule has 2 nitrogen and oxygen atoms in total. The van der Waals surface area contributed by atoms with E-state index in [2.05, 4.69) is 15.9 Å². The molecule has 0 aromatic heterocycles. The lowest BCUT2D eigenvalue weighted by molar-refractivity contribution is 0.149. The second kappa shape index (κ2) is 7.18. The number of halogens is 1. The van der Waals surface area contributed by atoms with Crippen molar-refractivity contribution in [3.63, 3.8) is 0 Å². The van der Waals surface area contributed by atoms with E-state index in [0.29, 0.717) is 5.41 Å². The van der Waals surface area contributed by atoms with E-state index in [9.17, 15) is 0 Å². The highest BCUT2D eigenvalue weighted by Crippen LogP contribution is 2.37. The van der Waals surface area contributed by atoms with E-state index < -0.39 is 0 Å². The van der Waals surface area contributed by atoms with Crippen molar-refractivity contribution < 1.29 is 9.47 Å². The molecule has 0 bridgehead atoms. The Morgan fingerprint density at radius 3 is 2.11 bits per heavy atom. The summed E-state index contributed by atoms with van der Waals surface area (Å²) < 4.78 is 11.2. The summed E-state index contributed by atoms with van der Waals surface area (Å²) in [5.41, 5.74) is 0.316. The SMILES string of the molecule is COc1ccc(OCC2(CBr)CCCCCC2)cc1. The number of hydrogen-bond donors (Lipinski definition) is 0. The van der Waals surface area contributed by atoms with Crippen LogP contribution < -0.4 is 9.47 Å². The summed E-state index contributed by atoms with van der Waals surface area (Å²) in [7, 11) is 1.68. The van der Waals surface area contributed by atoms with Crippen LogP contribution in [-0.4, -0.2) is 19.0 Å². The molecule has 1 saturated carbocycles. The van der Waals surface area contributed by atoms with Gasteiger partial charge in [-0.2, -0.15) is 0 Å². The average molecular weight is 327 g/mol. The second-order valence-electron chi connectivity index (χ2n) is 5.51. The third-order valence-electron chi connectivity index (χ3n) is 4.05. The number of rotatable bonds is 5. The van der Waals surface area contributed by atoms with Gasteiger partial charge in [0, 0.05) is 10.7 Å². The lowest BCUT2D eigenvalue weighted by Gasteiger charge is -2.30. The van der Waals surface area contributed by atoms with Crippen LogP contribution in [0.3, 0.4) is 0 Å². The molecule has 1 aliphatic rings. The first-order chi connectivity index (χ1) is 9.28. The molecular formula is C16H23BrO2. The van der Waals surface area contributed by atoms with E-state index in [-0.39, 0.29) is 0 Å². The first kappa shape index (κ1) is 14.7. The zero-order valence-electron chi connectivity index (χ0n) is 11.7. The van der Waals surface area contributed by atoms with Gasteiger partial charge in [-0.3, -0.25) is 0 Å². The fourth-order valence-corrected chi connectivity index (χ4v) is 3.43. The van der Waals surface area contributed by atoms with Gasteiger partial charge in [-0.05, 0) is 37.1 Å². The van der Waals surface area contributed by atoms with E-state index in [1.165, 1.54) is 38.5 Å². The third-order valence-corrected chi connectivity index (χ3v) is 5.24. The fourth-order valence-electron chi connectivity index (χ4n) is 2.70. The highest BCUT2D eigenvalue weighted by molar-refractivity contribution is 9.09. The van der Waals surface area contributed by atoms with E-state index in [4.69, 9.17) is 9.47 Å². The molecule has 3 heteroatoms. The van der Waals surface area contributed by atoms with Gasteiger partial charge in [-0.15, -0.1) is 0 Å². The summed E-state index contributed by atoms with van der Waals surface area (Å²) in [4.78, 5) is 0. The molecular weight excluding hydrogens is 304 g/mol. The van der Waals surface area contributed by atoms with E-state index in [0.717, 1.165) is 23.4 Å². The molecule has 1 aromatic carbocycles. The van der Waals surface area contributed by atoms with Crippen molar-refractivity contribution >= 4 is 15.9 Å². The molecule has 19 heavy (non-hydrogen) atoms. The Hall–Kier alpha value is -0.700. The van der Waals surface area contributed by atoms with Crippen molar-refractivity contribution in [2.75, 3.05) is 19.0 Å². The maximum absolute atomic E-state index is 6.01. The zero-order chi connectivity index (χ0) is 13.6. The van der Waals surface area contributed by atoms with Gasteiger partial charge in [0.25, 0.3) is 0 Å². The van der Waals surface area contributed by atoms with Crippen LogP contribution in [-0.2, 0) is 0 Å². The molecule has 0 amide bonds. The number of alkyl halides is 1. The summed E-state index contributed by atoms with van der Waals surface area (Å²) in [6, 6.07) is 7.86. The Morgan fingerprint density at radius 1 is 1.00 bits per heavy atom. The Balaban J connectivity index is 1.94. The molecule has 1 fully saturated rings. The summed E-state index contributed by atoms with van der Waals surface area (Å²) in [5.74, 6) is 1.81. The first-order valence-electron chi connectivity index (χ1n) is 7.11. The topological polar surface area (TPSA) is 18.5 Å². The van der Waals surface area contributed by atoms with Gasteiger partial charge in [0.1, 0.15) is 11.5 Å². The van der Waals surface area contributed by atoms with Crippen molar-refractivity contribution in [3.05, 3.63) is 24.3 Å². The van der Waals surface area contributed by atoms with Crippen LogP contribution in [0.25, 0.3) is 0 Å². The van der Waals surface area contributed by atoms with Crippen LogP contribution in [0.1, 0.15) is 38.5 Å². The summed E-state index contributed by atoms with van der Waals surface area (Å²) >= 11 is 3.70. The predicted molar refractivity (Wildman–Crippen MR) is 82.4 cm³/mol. The largest absolute Gasteiger partial charge is 0.497 e. The lowest BCUT2D eigenvalue weighted by atomic mass is 9.83. The van der Waals surface area contributed by atoms with Gasteiger partial charge in [-0.1, -0.05) is 41.6 Å². The van der Waals surface area contributed by atoms with Gasteiger partial charge in [-0.25, -0.2) is 0 Å². The van der Waals surface area contributed by atoms with Gasteiger partial charge < -0.3 is 9.47 Å². The van der Waals surface area contributed by atoms with Crippen LogP contribution >= 0.6 is 15.9 Å². The molecule has 106 valence electrons. The van der Waals surface area contributed by atoms with Crippen molar-refractivity contribution in [2.45, 2.75) is 38.5 Å². The molecule has 0 unspecified atom stereocenters. The monoisotopic (exact) mass is 326 g/mol. The van der Waals surface area contributed by atoms with Gasteiger partial charge in [0.05, 0.1) is 13.7 Å². The summed E-state index contributed by atoms with van der Waals surface area (Å²) in [5, 5.41) is 1.04. The Kier molecular flexibility index (Phi) is 5.56. The molecule has 0 N–H and O–H groups in total. The number of hydrogen-bond acceptors (Lipinski definition) is 2. The van der Waals surface area contributed by atoms with Gasteiger partial charge >= 0.3 is 0 Å². The average Bonchev–Trinajstić information content (AvgIpc) is 2.72. The molecule has 0 atom stereocenters. The third kappa shape index (κ3) is 4.13. The summed E-state index contributed by atoms with van der Waals surface area (Å²) in [6.07, 6.45) is 7.95. The molecule has 0 spiro atoms. The Bertz CT molecular complexity index is 367. The standard InChI is InChI=1S/C16H23BrO2/c1-18-14-6-8-15(9-7-14)19-13-16(12-17)10-4-2-3-5-11-16/h6-9H,2-5,10-13H2,1H3. The van der Waals surface area contributed by atoms with Crippen LogP contribution in [0.15, 0.2) is 24.3 Å². The molecule has 0 radical (unpaired) electrons. The number of ether oxygens (including phenoxy) is 2. The van der Waals surface area contributed by atoms with Crippen molar-refractivity contribution in [1.29, 1.82) is 0 Å². The zero-order valence-corrected chi connectivity index (χ0v) is 13.2. The highest BCUT2D eigenvalue weighted by atomic mass is 79.9. The van der Waals surface area contributed by atoms with E-state index in [1.807, 2.05) is 24.3 Å². The number of benzene rings is 1. The first-order valence-corrected chi connectivity index (χ1v) is 8.23. The highest BCUT2D eigenvalue weighted by Gasteiger charge is 2.30. The minimum absolute atomic E-state index is 0.316. The van der Waals surface area contributed by atoms with Crippen LogP contribution in [0, 0.1) is 5.41 Å². The molecule has 0 saturated heterocycles. The molecule has 1 aliphatic carbocycles. The minimum atomic E-state index is 0.316. The summed E-state index contributed by atoms with van der Waals surface area (Å²) in [6.45, 7) is 0.810. The fraction of sp³-hybridized carbons (Fsp3) is 0.625. The smallest absolute Gasteiger partial charge is 0.119 e. The maximum atomic E-state index is 6.01. The quantitative estimate of drug-likeness (QED) is 0.571. The maximum Gasteiger partial charge on any atom is 0.119 e. The molecule has 0 heterocycles. The molecule has 0 aliphatic heterocycles. The minimum Gasteiger partial charge on any atom is -0.497 e. The van der Waals surface area contributed by atoms with Crippen molar-refractivity contribution in [2.24, 2.45) is 5.41 Å². The Labute approximate surface area is 124 Å². The Morgan fingerprint density at radius 2 is 1.58 bits per heavy atom. The van der Waals surface area contributed by atoms with E-state index >= 15 is 0 Å². The van der Waals surface area contributed by atoms with Gasteiger partial charge in [0.2, 0.25) is 0 Å². The van der Waals surface area contributed by atoms with Crippen LogP contribution in [0.5, 0.6) is 11.5 Å². The normalized spacial score (nSPS) is 18.6. The second-order valence-corrected chi connectivity index (χ2v) is 6.07. The van der Waals surface area contributed by atoms with E-state index in [1.54, 1.807) is 7.11 Å². The van der Waals surface area contributed by atoms with Crippen LogP contribution in [0.2, 0.25) is 0 Å². The predicted octanol–water partition coefficient (Wildman–Crippen LogP) is 4.81. The van der Waals surface area contributed by atoms with Crippen molar-refractivity contribution in [1.82, 2.24) is 0 Å². The van der Waals surface area contributed by atoms with Crippen molar-refractivity contribution in [3.8, 4) is 11.5 Å². The number of methoxy groups -OCH3 is 1. The lowest BCUT2D eigenvalue weighted by Crippen LogP contribution is -2.29. The molecule has 1 aromatic rings. The van der Waals surface area contributed by atoms with Gasteiger partial charge in [0.15, 0.2) is 0 Å². The van der Waals surface area contributed by atoms with Crippen LogP contribution in [0.4, 0.5) is 0 Å².